The monoisotopic (exact) mass is 216 g/mol. The zero-order valence-corrected chi connectivity index (χ0v) is 13.1. The van der Waals surface area contributed by atoms with Crippen LogP contribution in [0.2, 0.25) is 0 Å². The quantitative estimate of drug-likeness (QED) is 0.530. The van der Waals surface area contributed by atoms with Crippen molar-refractivity contribution < 1.29 is 0 Å². The van der Waals surface area contributed by atoms with E-state index in [2.05, 4.69) is 55.4 Å². The molecule has 0 spiro atoms. The third-order valence-corrected chi connectivity index (χ3v) is 1.32. The van der Waals surface area contributed by atoms with Gasteiger partial charge >= 0.3 is 0 Å². The molecule has 0 bridgehead atoms. The standard InChI is InChI=1S/C8H18.C5H12.C2H6/c1-7(2)5-6-8(3)4;1-5(2,3)4;1-2/h7-8H,5-6H2,1-4H3;1-4H3;1-2H3. The van der Waals surface area contributed by atoms with Crippen LogP contribution in [0, 0.1) is 17.3 Å². The van der Waals surface area contributed by atoms with Gasteiger partial charge in [0.15, 0.2) is 0 Å². The smallest absolute Gasteiger partial charge is 0.0411 e. The van der Waals surface area contributed by atoms with Crippen molar-refractivity contribution in [2.75, 3.05) is 0 Å². The van der Waals surface area contributed by atoms with Crippen molar-refractivity contribution in [3.63, 3.8) is 0 Å². The van der Waals surface area contributed by atoms with Gasteiger partial charge in [-0.15, -0.1) is 0 Å². The van der Waals surface area contributed by atoms with Gasteiger partial charge in [0.2, 0.25) is 0 Å². The first kappa shape index (κ1) is 20.4. The largest absolute Gasteiger partial charge is 0.0683 e. The fourth-order valence-corrected chi connectivity index (χ4v) is 0.667. The van der Waals surface area contributed by atoms with Crippen molar-refractivity contribution in [1.82, 2.24) is 0 Å². The second-order valence-corrected chi connectivity index (χ2v) is 6.37. The van der Waals surface area contributed by atoms with Crippen molar-refractivity contribution in [3.8, 4) is 0 Å². The Bertz CT molecular complexity index is 79.1. The Morgan fingerprint density at radius 1 is 0.667 bits per heavy atom. The van der Waals surface area contributed by atoms with Gasteiger partial charge in [0.05, 0.1) is 0 Å². The molecule has 0 saturated carbocycles. The molecule has 96 valence electrons. The van der Waals surface area contributed by atoms with Gasteiger partial charge in [-0.1, -0.05) is 82.1 Å². The zero-order chi connectivity index (χ0) is 13.1. The summed E-state index contributed by atoms with van der Waals surface area (Å²) in [7, 11) is 0. The molecule has 0 heteroatoms. The van der Waals surface area contributed by atoms with Crippen molar-refractivity contribution in [3.05, 3.63) is 0 Å². The lowest BCUT2D eigenvalue weighted by Crippen LogP contribution is -1.93. The molecule has 0 nitrogen and oxygen atoms in total. The Kier molecular flexibility index (Phi) is 16.4. The Balaban J connectivity index is -0.000000177. The molecule has 0 amide bonds. The number of hydrogen-bond donors (Lipinski definition) is 0. The molecule has 0 fully saturated rings. The summed E-state index contributed by atoms with van der Waals surface area (Å²) in [5, 5.41) is 0. The van der Waals surface area contributed by atoms with Gasteiger partial charge in [-0.05, 0) is 17.3 Å². The molecule has 0 saturated heterocycles. The zero-order valence-electron chi connectivity index (χ0n) is 13.1. The average molecular weight is 216 g/mol. The minimum absolute atomic E-state index is 0.500. The molecule has 0 aliphatic carbocycles. The molecule has 0 unspecified atom stereocenters. The van der Waals surface area contributed by atoms with Crippen LogP contribution in [0.5, 0.6) is 0 Å². The fraction of sp³-hybridized carbons (Fsp3) is 1.00. The topological polar surface area (TPSA) is 0 Å². The van der Waals surface area contributed by atoms with E-state index < -0.39 is 0 Å². The van der Waals surface area contributed by atoms with E-state index in [-0.39, 0.29) is 0 Å². The molecule has 0 heterocycles. The predicted octanol–water partition coefficient (Wildman–Crippen LogP) is 6.16. The van der Waals surface area contributed by atoms with Crippen LogP contribution in [0.1, 0.15) is 82.1 Å². The van der Waals surface area contributed by atoms with E-state index >= 15 is 0 Å². The lowest BCUT2D eigenvalue weighted by Gasteiger charge is -2.05. The minimum Gasteiger partial charge on any atom is -0.0683 e. The Morgan fingerprint density at radius 2 is 0.800 bits per heavy atom. The molecule has 0 rings (SSSR count). The minimum atomic E-state index is 0.500. The summed E-state index contributed by atoms with van der Waals surface area (Å²) in [6, 6.07) is 0. The van der Waals surface area contributed by atoms with E-state index in [0.29, 0.717) is 5.41 Å². The van der Waals surface area contributed by atoms with Gasteiger partial charge in [-0.2, -0.15) is 0 Å². The van der Waals surface area contributed by atoms with E-state index in [0.717, 1.165) is 11.8 Å². The van der Waals surface area contributed by atoms with E-state index in [9.17, 15) is 0 Å². The maximum atomic E-state index is 2.28. The van der Waals surface area contributed by atoms with Crippen molar-refractivity contribution in [2.24, 2.45) is 17.3 Å². The first-order valence-corrected chi connectivity index (χ1v) is 6.63. The van der Waals surface area contributed by atoms with Crippen LogP contribution in [0.4, 0.5) is 0 Å². The van der Waals surface area contributed by atoms with E-state index in [1.807, 2.05) is 13.8 Å². The van der Waals surface area contributed by atoms with Crippen LogP contribution in [0.3, 0.4) is 0 Å². The Labute approximate surface area is 99.9 Å². The third-order valence-electron chi connectivity index (χ3n) is 1.32. The maximum Gasteiger partial charge on any atom is -0.0411 e. The predicted molar refractivity (Wildman–Crippen MR) is 75.4 cm³/mol. The summed E-state index contributed by atoms with van der Waals surface area (Å²) >= 11 is 0. The van der Waals surface area contributed by atoms with Crippen molar-refractivity contribution in [2.45, 2.75) is 82.1 Å². The third kappa shape index (κ3) is 80.6. The molecule has 0 atom stereocenters. The summed E-state index contributed by atoms with van der Waals surface area (Å²) in [4.78, 5) is 0. The summed E-state index contributed by atoms with van der Waals surface area (Å²) in [5.74, 6) is 1.77. The SMILES string of the molecule is CC.CC(C)(C)C.CC(C)CCC(C)C. The van der Waals surface area contributed by atoms with E-state index in [1.165, 1.54) is 12.8 Å². The molecule has 0 N–H and O–H groups in total. The van der Waals surface area contributed by atoms with Gasteiger partial charge in [0, 0.05) is 0 Å². The summed E-state index contributed by atoms with van der Waals surface area (Å²) in [5.41, 5.74) is 0.500. The van der Waals surface area contributed by atoms with E-state index in [1.54, 1.807) is 0 Å². The van der Waals surface area contributed by atoms with Gasteiger partial charge < -0.3 is 0 Å². The van der Waals surface area contributed by atoms with Gasteiger partial charge in [-0.25, -0.2) is 0 Å². The first-order chi connectivity index (χ1) is 6.63. The van der Waals surface area contributed by atoms with Crippen LogP contribution in [-0.2, 0) is 0 Å². The van der Waals surface area contributed by atoms with Gasteiger partial charge in [0.1, 0.15) is 0 Å². The highest BCUT2D eigenvalue weighted by molar-refractivity contribution is 4.48. The molecule has 0 aromatic heterocycles. The molecule has 0 radical (unpaired) electrons. The number of rotatable bonds is 3. The highest BCUT2D eigenvalue weighted by Gasteiger charge is 1.96. The van der Waals surface area contributed by atoms with E-state index in [4.69, 9.17) is 0 Å². The Morgan fingerprint density at radius 3 is 0.867 bits per heavy atom. The van der Waals surface area contributed by atoms with Crippen LogP contribution in [-0.4, -0.2) is 0 Å². The molecule has 0 aromatic rings. The van der Waals surface area contributed by atoms with Crippen molar-refractivity contribution in [1.29, 1.82) is 0 Å². The lowest BCUT2D eigenvalue weighted by molar-refractivity contribution is 0.469. The van der Waals surface area contributed by atoms with Crippen LogP contribution < -0.4 is 0 Å². The molecule has 0 aliphatic heterocycles. The maximum absolute atomic E-state index is 2.28. The van der Waals surface area contributed by atoms with Gasteiger partial charge in [0.25, 0.3) is 0 Å². The molecule has 15 heavy (non-hydrogen) atoms. The summed E-state index contributed by atoms with van der Waals surface area (Å²) in [6.07, 6.45) is 2.77. The lowest BCUT2D eigenvalue weighted by atomic mass is 10.0. The highest BCUT2D eigenvalue weighted by atomic mass is 14.0. The number of hydrogen-bond acceptors (Lipinski definition) is 0. The van der Waals surface area contributed by atoms with Crippen molar-refractivity contribution >= 4 is 0 Å². The second kappa shape index (κ2) is 12.1. The summed E-state index contributed by atoms with van der Waals surface area (Å²) in [6.45, 7) is 21.9. The normalized spacial score (nSPS) is 10.4. The molecule has 0 aliphatic rings. The molecule has 0 aromatic carbocycles. The highest BCUT2D eigenvalue weighted by Crippen LogP contribution is 2.09. The summed E-state index contributed by atoms with van der Waals surface area (Å²) < 4.78 is 0. The van der Waals surface area contributed by atoms with Crippen LogP contribution >= 0.6 is 0 Å². The van der Waals surface area contributed by atoms with Gasteiger partial charge in [-0.3, -0.25) is 0 Å². The second-order valence-electron chi connectivity index (χ2n) is 6.37. The molecular formula is C15H36. The Hall–Kier alpha value is 0. The fourth-order valence-electron chi connectivity index (χ4n) is 0.667. The van der Waals surface area contributed by atoms with Crippen LogP contribution in [0.25, 0.3) is 0 Å². The molecular weight excluding hydrogens is 180 g/mol. The first-order valence-electron chi connectivity index (χ1n) is 6.63. The van der Waals surface area contributed by atoms with Crippen LogP contribution in [0.15, 0.2) is 0 Å². The average Bonchev–Trinajstić information content (AvgIpc) is 2.01.